The Morgan fingerprint density at radius 3 is 2.82 bits per heavy atom. The van der Waals surface area contributed by atoms with Gasteiger partial charge in [0.25, 0.3) is 5.56 Å². The van der Waals surface area contributed by atoms with Crippen LogP contribution in [0.1, 0.15) is 24.6 Å². The standard InChI is InChI=1S/C24H21FN6O2/c1-12-7-21(12)33-20-6-5-18(25)22(16(20)9-26)23-17(11-28-31(23)2)13-3-4-14-15(8-13)19(10-27)29-30-24(14)32/h3-6,8,11-12,21H,7,10,27H2,1-2H3,(H,30,32)/t12-,21-/m0/s1. The molecule has 0 bridgehead atoms. The summed E-state index contributed by atoms with van der Waals surface area (Å²) in [7, 11) is 1.69. The molecule has 4 aromatic rings. The average molecular weight is 444 g/mol. The Hall–Kier alpha value is -4.03. The van der Waals surface area contributed by atoms with Gasteiger partial charge in [-0.05, 0) is 42.2 Å². The minimum atomic E-state index is -0.547. The molecule has 0 radical (unpaired) electrons. The molecule has 0 aliphatic heterocycles. The fourth-order valence-electron chi connectivity index (χ4n) is 4.10. The lowest BCUT2D eigenvalue weighted by atomic mass is 9.95. The van der Waals surface area contributed by atoms with Crippen LogP contribution in [0.5, 0.6) is 5.75 Å². The number of hydrogen-bond acceptors (Lipinski definition) is 6. The van der Waals surface area contributed by atoms with Crippen molar-refractivity contribution < 1.29 is 9.13 Å². The molecule has 2 heterocycles. The van der Waals surface area contributed by atoms with Gasteiger partial charge in [0.2, 0.25) is 0 Å². The van der Waals surface area contributed by atoms with E-state index in [1.807, 2.05) is 0 Å². The largest absolute Gasteiger partial charge is 0.489 e. The van der Waals surface area contributed by atoms with E-state index in [4.69, 9.17) is 10.5 Å². The van der Waals surface area contributed by atoms with Gasteiger partial charge in [0.15, 0.2) is 0 Å². The van der Waals surface area contributed by atoms with Gasteiger partial charge in [0, 0.05) is 24.5 Å². The van der Waals surface area contributed by atoms with Gasteiger partial charge in [-0.15, -0.1) is 0 Å². The van der Waals surface area contributed by atoms with Crippen LogP contribution in [0.15, 0.2) is 41.3 Å². The Bertz CT molecular complexity index is 1500. The van der Waals surface area contributed by atoms with Gasteiger partial charge >= 0.3 is 0 Å². The highest BCUT2D eigenvalue weighted by molar-refractivity contribution is 5.92. The molecule has 1 fully saturated rings. The number of benzene rings is 2. The van der Waals surface area contributed by atoms with E-state index in [9.17, 15) is 10.1 Å². The summed E-state index contributed by atoms with van der Waals surface area (Å²) in [5.41, 5.74) is 8.01. The van der Waals surface area contributed by atoms with E-state index in [2.05, 4.69) is 28.3 Å². The zero-order chi connectivity index (χ0) is 23.3. The monoisotopic (exact) mass is 444 g/mol. The van der Waals surface area contributed by atoms with Crippen molar-refractivity contribution in [1.29, 1.82) is 5.26 Å². The molecule has 5 rings (SSSR count). The summed E-state index contributed by atoms with van der Waals surface area (Å²) >= 11 is 0. The average Bonchev–Trinajstić information content (AvgIpc) is 3.38. The van der Waals surface area contributed by atoms with E-state index in [1.165, 1.54) is 16.8 Å². The summed E-state index contributed by atoms with van der Waals surface area (Å²) in [5, 5.41) is 21.8. The van der Waals surface area contributed by atoms with Crippen LogP contribution < -0.4 is 16.0 Å². The molecular weight excluding hydrogens is 423 g/mol. The molecule has 2 atom stereocenters. The van der Waals surface area contributed by atoms with Crippen molar-refractivity contribution in [3.63, 3.8) is 0 Å². The number of halogens is 1. The number of nitrogens with two attached hydrogens (primary N) is 1. The van der Waals surface area contributed by atoms with E-state index in [1.54, 1.807) is 31.4 Å². The number of ether oxygens (including phenoxy) is 1. The van der Waals surface area contributed by atoms with Crippen LogP contribution in [0, 0.1) is 23.1 Å². The number of H-pyrrole nitrogens is 1. The number of nitrogens with zero attached hydrogens (tertiary/aromatic N) is 4. The third-order valence-corrected chi connectivity index (χ3v) is 6.09. The summed E-state index contributed by atoms with van der Waals surface area (Å²) in [4.78, 5) is 12.2. The van der Waals surface area contributed by atoms with Gasteiger partial charge in [0.1, 0.15) is 29.3 Å². The van der Waals surface area contributed by atoms with Crippen LogP contribution in [0.3, 0.4) is 0 Å². The van der Waals surface area contributed by atoms with Gasteiger partial charge in [0.05, 0.1) is 28.5 Å². The molecule has 9 heteroatoms. The van der Waals surface area contributed by atoms with E-state index >= 15 is 4.39 Å². The van der Waals surface area contributed by atoms with Gasteiger partial charge in [-0.1, -0.05) is 13.0 Å². The topological polar surface area (TPSA) is 123 Å². The van der Waals surface area contributed by atoms with Crippen molar-refractivity contribution in [2.75, 3.05) is 0 Å². The summed E-state index contributed by atoms with van der Waals surface area (Å²) in [5.74, 6) is 0.215. The van der Waals surface area contributed by atoms with E-state index in [0.29, 0.717) is 45.0 Å². The summed E-state index contributed by atoms with van der Waals surface area (Å²) in [6.45, 7) is 2.21. The predicted octanol–water partition coefficient (Wildman–Crippen LogP) is 3.25. The smallest absolute Gasteiger partial charge is 0.272 e. The lowest BCUT2D eigenvalue weighted by Crippen LogP contribution is -2.13. The number of hydrogen-bond donors (Lipinski definition) is 2. The first-order chi connectivity index (χ1) is 15.9. The highest BCUT2D eigenvalue weighted by Gasteiger charge is 2.36. The van der Waals surface area contributed by atoms with E-state index in [0.717, 1.165) is 6.42 Å². The number of aromatic nitrogens is 4. The van der Waals surface area contributed by atoms with Crippen LogP contribution in [-0.2, 0) is 13.6 Å². The molecule has 8 nitrogen and oxygen atoms in total. The molecule has 1 aliphatic rings. The molecular formula is C24H21FN6O2. The summed E-state index contributed by atoms with van der Waals surface area (Å²) in [6.07, 6.45) is 2.54. The lowest BCUT2D eigenvalue weighted by molar-refractivity contribution is 0.287. The van der Waals surface area contributed by atoms with Crippen molar-refractivity contribution in [2.24, 2.45) is 18.7 Å². The van der Waals surface area contributed by atoms with Crippen LogP contribution in [0.25, 0.3) is 33.2 Å². The van der Waals surface area contributed by atoms with Gasteiger partial charge in [-0.2, -0.15) is 15.5 Å². The fraction of sp³-hybridized carbons (Fsp3) is 0.250. The maximum Gasteiger partial charge on any atom is 0.272 e. The number of rotatable bonds is 5. The van der Waals surface area contributed by atoms with Gasteiger partial charge in [-0.25, -0.2) is 9.49 Å². The van der Waals surface area contributed by atoms with Crippen molar-refractivity contribution in [2.45, 2.75) is 26.0 Å². The van der Waals surface area contributed by atoms with Crippen molar-refractivity contribution in [1.82, 2.24) is 20.0 Å². The molecule has 0 amide bonds. The lowest BCUT2D eigenvalue weighted by Gasteiger charge is -2.14. The molecule has 2 aromatic heterocycles. The second-order valence-corrected chi connectivity index (χ2v) is 8.27. The Balaban J connectivity index is 1.71. The Morgan fingerprint density at radius 1 is 1.33 bits per heavy atom. The molecule has 3 N–H and O–H groups in total. The first kappa shape index (κ1) is 20.8. The van der Waals surface area contributed by atoms with Crippen molar-refractivity contribution in [3.8, 4) is 34.2 Å². The maximum absolute atomic E-state index is 15.2. The number of nitrogens with one attached hydrogen (secondary N) is 1. The fourth-order valence-corrected chi connectivity index (χ4v) is 4.10. The Morgan fingerprint density at radius 2 is 2.12 bits per heavy atom. The maximum atomic E-state index is 15.2. The first-order valence-electron chi connectivity index (χ1n) is 10.6. The molecule has 0 saturated heterocycles. The number of nitriles is 1. The highest BCUT2D eigenvalue weighted by Crippen LogP contribution is 2.41. The molecule has 1 saturated carbocycles. The second kappa shape index (κ2) is 7.83. The quantitative estimate of drug-likeness (QED) is 0.487. The number of fused-ring (bicyclic) bond motifs is 1. The van der Waals surface area contributed by atoms with E-state index < -0.39 is 5.82 Å². The van der Waals surface area contributed by atoms with Crippen molar-refractivity contribution >= 4 is 10.8 Å². The third kappa shape index (κ3) is 3.45. The van der Waals surface area contributed by atoms with Crippen LogP contribution in [-0.4, -0.2) is 26.1 Å². The number of aryl methyl sites for hydroxylation is 1. The Kier molecular flexibility index (Phi) is 4.95. The molecule has 166 valence electrons. The van der Waals surface area contributed by atoms with E-state index in [-0.39, 0.29) is 29.3 Å². The molecule has 0 spiro atoms. The Labute approximate surface area is 188 Å². The van der Waals surface area contributed by atoms with Crippen LogP contribution in [0.2, 0.25) is 0 Å². The van der Waals surface area contributed by atoms with Crippen LogP contribution in [0.4, 0.5) is 4.39 Å². The zero-order valence-corrected chi connectivity index (χ0v) is 18.1. The molecule has 0 unspecified atom stereocenters. The highest BCUT2D eigenvalue weighted by atomic mass is 19.1. The molecule has 1 aliphatic carbocycles. The normalized spacial score (nSPS) is 17.2. The second-order valence-electron chi connectivity index (χ2n) is 8.27. The van der Waals surface area contributed by atoms with Gasteiger partial charge < -0.3 is 10.5 Å². The third-order valence-electron chi connectivity index (χ3n) is 6.09. The minimum absolute atomic E-state index is 0.0298. The minimum Gasteiger partial charge on any atom is -0.489 e. The first-order valence-corrected chi connectivity index (χ1v) is 10.6. The summed E-state index contributed by atoms with van der Waals surface area (Å²) < 4.78 is 22.7. The zero-order valence-electron chi connectivity index (χ0n) is 18.1. The predicted molar refractivity (Wildman–Crippen MR) is 121 cm³/mol. The van der Waals surface area contributed by atoms with Crippen molar-refractivity contribution in [3.05, 3.63) is 64.0 Å². The number of aromatic amines is 1. The SMILES string of the molecule is C[C@H]1C[C@@H]1Oc1ccc(F)c(-c2c(-c3ccc4c(=O)[nH]nc(CN)c4c3)cnn2C)c1C#N. The summed E-state index contributed by atoms with van der Waals surface area (Å²) in [6, 6.07) is 10.2. The van der Waals surface area contributed by atoms with Gasteiger partial charge in [-0.3, -0.25) is 9.48 Å². The molecule has 33 heavy (non-hydrogen) atoms. The molecule has 2 aromatic carbocycles. The van der Waals surface area contributed by atoms with Crippen LogP contribution >= 0.6 is 0 Å².